The van der Waals surface area contributed by atoms with E-state index in [1.54, 1.807) is 13.8 Å². The van der Waals surface area contributed by atoms with E-state index in [0.717, 1.165) is 57.8 Å². The normalized spacial score (nSPS) is 12.5. The van der Waals surface area contributed by atoms with E-state index in [2.05, 4.69) is 21.3 Å². The van der Waals surface area contributed by atoms with Gasteiger partial charge in [-0.3, -0.25) is 43.2 Å². The molecular weight excluding hydrogens is 1000 g/mol. The largest absolute Gasteiger partial charge is 0.481 e. The number of ketones is 3. The van der Waals surface area contributed by atoms with Crippen molar-refractivity contribution in [3.63, 3.8) is 0 Å². The molecule has 4 amide bonds. The number of carboxylic acids is 3. The molecule has 0 aliphatic carbocycles. The summed E-state index contributed by atoms with van der Waals surface area (Å²) >= 11 is 1.24. The number of carbonyl (C=O) groups is 10. The fraction of sp³-hybridized carbons (Fsp3) is 0.804. The number of Topliss-reactive ketones (excluding diaryl/α,β-unsaturated/α-hetero) is 3. The molecule has 0 heterocycles. The van der Waals surface area contributed by atoms with Crippen LogP contribution in [0.5, 0.6) is 0 Å². The van der Waals surface area contributed by atoms with Crippen molar-refractivity contribution in [2.24, 2.45) is 17.6 Å². The first kappa shape index (κ1) is 72.5. The Balaban J connectivity index is 0. The zero-order valence-corrected chi connectivity index (χ0v) is 45.7. The number of hydrogen-bond acceptors (Lipinski definition) is 17. The van der Waals surface area contributed by atoms with E-state index < -0.39 is 42.4 Å². The zero-order chi connectivity index (χ0) is 56.5. The van der Waals surface area contributed by atoms with Gasteiger partial charge in [0.1, 0.15) is 36.6 Å². The average Bonchev–Trinajstić information content (AvgIpc) is 3.36. The number of carbonyl (C=O) groups excluding carboxylic acids is 7. The van der Waals surface area contributed by atoms with Gasteiger partial charge < -0.3 is 66.4 Å². The Bertz CT molecular complexity index is 1620. The van der Waals surface area contributed by atoms with E-state index in [9.17, 15) is 53.1 Å². The molecule has 0 spiro atoms. The molecule has 0 aromatic rings. The number of nitrogens with two attached hydrogens (primary N) is 1. The number of ether oxygens (including phenoxy) is 4. The molecule has 0 aromatic carbocycles. The van der Waals surface area contributed by atoms with E-state index in [1.165, 1.54) is 31.5 Å². The summed E-state index contributed by atoms with van der Waals surface area (Å²) in [6, 6.07) is -1.41. The van der Waals surface area contributed by atoms with Gasteiger partial charge in [-0.05, 0) is 46.0 Å². The number of aliphatic hydroxyl groups excluding tert-OH is 1. The third-order valence-corrected chi connectivity index (χ3v) is 12.4. The van der Waals surface area contributed by atoms with Crippen molar-refractivity contribution in [1.29, 1.82) is 0 Å². The van der Waals surface area contributed by atoms with E-state index in [1.807, 2.05) is 0 Å². The monoisotopic (exact) mass is 1090 g/mol. The lowest BCUT2D eigenvalue weighted by Gasteiger charge is -2.15. The second-order valence-corrected chi connectivity index (χ2v) is 19.1. The highest BCUT2D eigenvalue weighted by molar-refractivity contribution is 7.99. The maximum absolute atomic E-state index is 12.3. The van der Waals surface area contributed by atoms with Gasteiger partial charge in [0, 0.05) is 70.0 Å². The summed E-state index contributed by atoms with van der Waals surface area (Å²) in [5.41, 5.74) is 5.09. The first-order valence-corrected chi connectivity index (χ1v) is 27.6. The summed E-state index contributed by atoms with van der Waals surface area (Å²) < 4.78 is 21.4. The highest BCUT2D eigenvalue weighted by Gasteiger charge is 2.25. The van der Waals surface area contributed by atoms with Crippen molar-refractivity contribution in [1.82, 2.24) is 21.3 Å². The molecule has 0 radical (unpaired) electrons. The number of hydrogen-bond donors (Lipinski definition) is 9. The number of aliphatic hydroxyl groups is 1. The predicted molar refractivity (Wildman–Crippen MR) is 281 cm³/mol. The van der Waals surface area contributed by atoms with E-state index in [0.29, 0.717) is 25.0 Å². The molecule has 434 valence electrons. The van der Waals surface area contributed by atoms with Gasteiger partial charge in [0.15, 0.2) is 0 Å². The van der Waals surface area contributed by atoms with Crippen LogP contribution in [0.3, 0.4) is 0 Å². The lowest BCUT2D eigenvalue weighted by Crippen LogP contribution is -2.41. The molecule has 24 heteroatoms. The van der Waals surface area contributed by atoms with Crippen LogP contribution in [0.25, 0.3) is 0 Å². The first-order chi connectivity index (χ1) is 35.8. The molecule has 23 nitrogen and oxygen atoms in total. The van der Waals surface area contributed by atoms with Gasteiger partial charge in [-0.2, -0.15) is 11.8 Å². The molecule has 0 saturated heterocycles. The minimum Gasteiger partial charge on any atom is -0.481 e. The first-order valence-electron chi connectivity index (χ1n) is 26.4. The summed E-state index contributed by atoms with van der Waals surface area (Å²) in [6.07, 6.45) is 13.6. The van der Waals surface area contributed by atoms with Crippen molar-refractivity contribution < 1.29 is 87.3 Å². The maximum atomic E-state index is 12.3. The third-order valence-electron chi connectivity index (χ3n) is 11.3. The van der Waals surface area contributed by atoms with Crippen LogP contribution in [0.1, 0.15) is 149 Å². The molecule has 10 N–H and O–H groups in total. The van der Waals surface area contributed by atoms with Crippen LogP contribution in [0.2, 0.25) is 0 Å². The van der Waals surface area contributed by atoms with Gasteiger partial charge in [-0.25, -0.2) is 4.79 Å². The molecular formula is C51H91N5O18S. The average molecular weight is 1090 g/mol. The third kappa shape index (κ3) is 48.8. The van der Waals surface area contributed by atoms with Gasteiger partial charge in [0.2, 0.25) is 23.6 Å². The Morgan fingerprint density at radius 3 is 1.51 bits per heavy atom. The van der Waals surface area contributed by atoms with Gasteiger partial charge in [0.05, 0.1) is 57.4 Å². The minimum absolute atomic E-state index is 0.0138. The Morgan fingerprint density at radius 1 is 0.547 bits per heavy atom. The second kappa shape index (κ2) is 50.2. The molecule has 0 bridgehead atoms. The number of rotatable bonds is 51. The van der Waals surface area contributed by atoms with Gasteiger partial charge in [-0.15, -0.1) is 0 Å². The van der Waals surface area contributed by atoms with Crippen molar-refractivity contribution in [3.8, 4) is 0 Å². The van der Waals surface area contributed by atoms with Crippen LogP contribution in [-0.2, 0) is 66.9 Å². The van der Waals surface area contributed by atoms with Crippen LogP contribution >= 0.6 is 11.8 Å². The fourth-order valence-corrected chi connectivity index (χ4v) is 7.73. The molecule has 0 rings (SSSR count). The van der Waals surface area contributed by atoms with Crippen molar-refractivity contribution in [3.05, 3.63) is 0 Å². The summed E-state index contributed by atoms with van der Waals surface area (Å²) in [6.45, 7) is 5.74. The minimum atomic E-state index is -1.23. The molecule has 0 aliphatic rings. The molecule has 0 aromatic heterocycles. The van der Waals surface area contributed by atoms with Crippen LogP contribution in [0, 0.1) is 11.8 Å². The summed E-state index contributed by atoms with van der Waals surface area (Å²) in [7, 11) is 0. The number of aliphatic carboxylic acids is 3. The Kier molecular flexibility index (Phi) is 48.6. The molecule has 0 fully saturated rings. The Labute approximate surface area is 447 Å². The van der Waals surface area contributed by atoms with Crippen LogP contribution < -0.4 is 27.0 Å². The number of carboxylic acid groups (broad SMARTS) is 3. The van der Waals surface area contributed by atoms with E-state index in [4.69, 9.17) is 40.0 Å². The smallest absolute Gasteiger partial charge is 0.326 e. The van der Waals surface area contributed by atoms with Gasteiger partial charge in [0.25, 0.3) is 0 Å². The van der Waals surface area contributed by atoms with E-state index >= 15 is 0 Å². The van der Waals surface area contributed by atoms with Gasteiger partial charge >= 0.3 is 17.9 Å². The standard InChI is InChI=1S/C47H82N4O17S.C4H9NO/c1-2-36(40(54)30-37(31-52)46(61)62)34-69-35-44(58)49-22-21-48-42(56)32-68-29-27-66-25-23-50-43(57)33-67-28-26-65-24-15-16-38(53)19-20-39(47(63)64)51-41(55)17-13-11-9-7-5-3-4-6-8-10-12-14-18-45(59)60;1-3(5)4(2)6/h36-37,39,52H,2-35H2,1H3,(H,48,56)(H,49,58)(H,50,57)(H,51,55)(H,59,60)(H,61,62)(H,63,64);3H,5H2,1-2H3/t36-,37-,39-;3-/m00/s1. The van der Waals surface area contributed by atoms with Crippen LogP contribution in [-0.4, -0.2) is 182 Å². The fourth-order valence-electron chi connectivity index (χ4n) is 6.62. The van der Waals surface area contributed by atoms with Crippen molar-refractivity contribution in [2.75, 3.05) is 90.6 Å². The van der Waals surface area contributed by atoms with Crippen molar-refractivity contribution in [2.45, 2.75) is 161 Å². The number of unbranched alkanes of at least 4 members (excludes halogenated alkanes) is 11. The van der Waals surface area contributed by atoms with Gasteiger partial charge in [-0.1, -0.05) is 71.1 Å². The number of nitrogens with one attached hydrogen (secondary N) is 4. The maximum Gasteiger partial charge on any atom is 0.326 e. The molecule has 0 unspecified atom stereocenters. The predicted octanol–water partition coefficient (Wildman–Crippen LogP) is 2.98. The number of amides is 4. The molecule has 0 aliphatic heterocycles. The van der Waals surface area contributed by atoms with Crippen LogP contribution in [0.15, 0.2) is 0 Å². The quantitative estimate of drug-likeness (QED) is 0.0395. The molecule has 4 atom stereocenters. The second-order valence-electron chi connectivity index (χ2n) is 18.1. The lowest BCUT2D eigenvalue weighted by molar-refractivity contribution is -0.145. The summed E-state index contributed by atoms with van der Waals surface area (Å²) in [4.78, 5) is 116. The van der Waals surface area contributed by atoms with Crippen LogP contribution in [0.4, 0.5) is 0 Å². The topological polar surface area (TPSA) is 363 Å². The Morgan fingerprint density at radius 2 is 1.03 bits per heavy atom. The van der Waals surface area contributed by atoms with Crippen molar-refractivity contribution >= 4 is 70.6 Å². The molecule has 75 heavy (non-hydrogen) atoms. The lowest BCUT2D eigenvalue weighted by atomic mass is 9.94. The highest BCUT2D eigenvalue weighted by Crippen LogP contribution is 2.18. The number of thioether (sulfide) groups is 1. The summed E-state index contributed by atoms with van der Waals surface area (Å²) in [5.74, 6) is -5.95. The molecule has 0 saturated carbocycles. The Hall–Kier alpha value is -4.59. The SMILES string of the molecule is CC(=O)[C@H](C)N.CC[C@@H](CSCC(=O)NCCNC(=O)COCCOCCNC(=O)COCCOCCCC(=O)CC[C@H](NC(=O)CCCCCCCCCCCCCCC(=O)O)C(=O)O)C(=O)C[C@@H](CO)C(=O)O. The highest BCUT2D eigenvalue weighted by atomic mass is 32.2. The summed E-state index contributed by atoms with van der Waals surface area (Å²) in [5, 5.41) is 46.8. The zero-order valence-electron chi connectivity index (χ0n) is 44.8. The van der Waals surface area contributed by atoms with E-state index in [-0.39, 0.29) is 164 Å².